The van der Waals surface area contributed by atoms with Crippen molar-refractivity contribution >= 4 is 11.6 Å². The number of hydrogen-bond acceptors (Lipinski definition) is 6. The number of nitrogens with one attached hydrogen (secondary N) is 1. The molecule has 0 radical (unpaired) electrons. The lowest BCUT2D eigenvalue weighted by atomic mass is 10.1. The van der Waals surface area contributed by atoms with Crippen LogP contribution in [0.1, 0.15) is 19.8 Å². The number of anilines is 2. The largest absolute Gasteiger partial charge is 0.490 e. The zero-order valence-electron chi connectivity index (χ0n) is 10.9. The molecule has 1 aliphatic heterocycles. The zero-order valence-corrected chi connectivity index (χ0v) is 10.9. The molecule has 0 aliphatic carbocycles. The van der Waals surface area contributed by atoms with Crippen LogP contribution in [0.25, 0.3) is 0 Å². The van der Waals surface area contributed by atoms with Crippen LogP contribution in [0.15, 0.2) is 6.33 Å². The fourth-order valence-electron chi connectivity index (χ4n) is 2.22. The Hall–Kier alpha value is -1.56. The van der Waals surface area contributed by atoms with Crippen molar-refractivity contribution in [1.82, 2.24) is 9.97 Å². The minimum absolute atomic E-state index is 0.291. The second-order valence-electron chi connectivity index (χ2n) is 4.35. The molecule has 0 bridgehead atoms. The van der Waals surface area contributed by atoms with E-state index in [1.807, 2.05) is 6.92 Å². The van der Waals surface area contributed by atoms with Crippen LogP contribution < -0.4 is 15.0 Å². The second kappa shape index (κ2) is 5.86. The molecule has 6 heteroatoms. The Bertz CT molecular complexity index is 400. The van der Waals surface area contributed by atoms with E-state index in [2.05, 4.69) is 20.2 Å². The number of rotatable bonds is 4. The van der Waals surface area contributed by atoms with Gasteiger partial charge in [0, 0.05) is 19.6 Å². The van der Waals surface area contributed by atoms with Gasteiger partial charge in [-0.15, -0.1) is 0 Å². The predicted molar refractivity (Wildman–Crippen MR) is 70.2 cm³/mol. The Morgan fingerprint density at radius 1 is 1.56 bits per heavy atom. The van der Waals surface area contributed by atoms with Gasteiger partial charge in [0.05, 0.1) is 13.2 Å². The van der Waals surface area contributed by atoms with Gasteiger partial charge < -0.3 is 20.1 Å². The molecular weight excluding hydrogens is 232 g/mol. The van der Waals surface area contributed by atoms with Crippen LogP contribution in [0.5, 0.6) is 5.75 Å². The molecular formula is C12H20N4O2. The molecule has 1 unspecified atom stereocenters. The van der Waals surface area contributed by atoms with Gasteiger partial charge in [0.25, 0.3) is 0 Å². The summed E-state index contributed by atoms with van der Waals surface area (Å²) >= 11 is 0. The Balaban J connectivity index is 2.28. The van der Waals surface area contributed by atoms with Gasteiger partial charge in [-0.05, 0) is 19.8 Å². The number of nitrogens with zero attached hydrogens (tertiary/aromatic N) is 3. The van der Waals surface area contributed by atoms with Crippen molar-refractivity contribution in [2.24, 2.45) is 0 Å². The monoisotopic (exact) mass is 252 g/mol. The molecule has 2 N–H and O–H groups in total. The average Bonchev–Trinajstić information content (AvgIpc) is 2.39. The van der Waals surface area contributed by atoms with E-state index in [4.69, 9.17) is 4.74 Å². The second-order valence-corrected chi connectivity index (χ2v) is 4.35. The van der Waals surface area contributed by atoms with Crippen LogP contribution in [0, 0.1) is 0 Å². The number of ether oxygens (including phenoxy) is 1. The maximum Gasteiger partial charge on any atom is 0.204 e. The van der Waals surface area contributed by atoms with Crippen LogP contribution in [0.3, 0.4) is 0 Å². The van der Waals surface area contributed by atoms with Crippen molar-refractivity contribution in [3.8, 4) is 5.75 Å². The highest BCUT2D eigenvalue weighted by Gasteiger charge is 2.23. The molecule has 1 fully saturated rings. The molecule has 0 amide bonds. The van der Waals surface area contributed by atoms with Gasteiger partial charge in [-0.1, -0.05) is 0 Å². The number of β-amino-alcohol motifs (C(OH)–C–C–N with tert-alkyl or cyclic N) is 1. The topological polar surface area (TPSA) is 70.5 Å². The quantitative estimate of drug-likeness (QED) is 0.829. The summed E-state index contributed by atoms with van der Waals surface area (Å²) < 4.78 is 5.41. The molecule has 1 aromatic heterocycles. The van der Waals surface area contributed by atoms with Crippen LogP contribution in [-0.2, 0) is 0 Å². The third kappa shape index (κ3) is 2.64. The number of hydrogen-bond donors (Lipinski definition) is 2. The van der Waals surface area contributed by atoms with E-state index in [1.54, 1.807) is 7.11 Å². The van der Waals surface area contributed by atoms with Crippen LogP contribution in [0.4, 0.5) is 11.6 Å². The van der Waals surface area contributed by atoms with Gasteiger partial charge in [-0.2, -0.15) is 0 Å². The molecule has 0 saturated carbocycles. The molecule has 18 heavy (non-hydrogen) atoms. The Morgan fingerprint density at radius 2 is 2.39 bits per heavy atom. The van der Waals surface area contributed by atoms with E-state index in [0.717, 1.165) is 31.7 Å². The van der Waals surface area contributed by atoms with E-state index in [0.29, 0.717) is 18.1 Å². The Kier molecular flexibility index (Phi) is 4.19. The summed E-state index contributed by atoms with van der Waals surface area (Å²) in [5, 5.41) is 12.9. The maximum atomic E-state index is 9.74. The molecule has 2 heterocycles. The molecule has 1 saturated heterocycles. The van der Waals surface area contributed by atoms with Crippen LogP contribution in [-0.4, -0.2) is 47.9 Å². The summed E-state index contributed by atoms with van der Waals surface area (Å²) in [6.07, 6.45) is 3.05. The summed E-state index contributed by atoms with van der Waals surface area (Å²) in [4.78, 5) is 10.5. The first-order chi connectivity index (χ1) is 8.76. The first kappa shape index (κ1) is 12.9. The van der Waals surface area contributed by atoms with Crippen molar-refractivity contribution < 1.29 is 9.84 Å². The molecule has 0 aromatic carbocycles. The molecule has 0 spiro atoms. The minimum atomic E-state index is -0.291. The Morgan fingerprint density at radius 3 is 3.06 bits per heavy atom. The third-order valence-corrected chi connectivity index (χ3v) is 3.03. The first-order valence-corrected chi connectivity index (χ1v) is 6.32. The number of aliphatic hydroxyl groups is 1. The predicted octanol–water partition coefficient (Wildman–Crippen LogP) is 0.878. The average molecular weight is 252 g/mol. The lowest BCUT2D eigenvalue weighted by Gasteiger charge is -2.32. The maximum absolute atomic E-state index is 9.74. The number of aromatic nitrogens is 2. The van der Waals surface area contributed by atoms with E-state index >= 15 is 0 Å². The van der Waals surface area contributed by atoms with Crippen LogP contribution in [0.2, 0.25) is 0 Å². The van der Waals surface area contributed by atoms with E-state index in [-0.39, 0.29) is 6.10 Å². The summed E-state index contributed by atoms with van der Waals surface area (Å²) in [5.74, 6) is 2.10. The summed E-state index contributed by atoms with van der Waals surface area (Å²) in [6, 6.07) is 0. The van der Waals surface area contributed by atoms with Gasteiger partial charge >= 0.3 is 0 Å². The fraction of sp³-hybridized carbons (Fsp3) is 0.667. The normalized spacial score (nSPS) is 19.7. The summed E-state index contributed by atoms with van der Waals surface area (Å²) in [5.41, 5.74) is 0. The zero-order chi connectivity index (χ0) is 13.0. The van der Waals surface area contributed by atoms with Crippen molar-refractivity contribution in [3.63, 3.8) is 0 Å². The van der Waals surface area contributed by atoms with Crippen molar-refractivity contribution in [2.75, 3.05) is 37.0 Å². The first-order valence-electron chi connectivity index (χ1n) is 6.32. The molecule has 1 aromatic rings. The minimum Gasteiger partial charge on any atom is -0.490 e. The summed E-state index contributed by atoms with van der Waals surface area (Å²) in [6.45, 7) is 4.26. The third-order valence-electron chi connectivity index (χ3n) is 3.03. The molecule has 100 valence electrons. The highest BCUT2D eigenvalue weighted by Crippen LogP contribution is 2.33. The van der Waals surface area contributed by atoms with Crippen molar-refractivity contribution in [2.45, 2.75) is 25.9 Å². The van der Waals surface area contributed by atoms with E-state index < -0.39 is 0 Å². The SMILES string of the molecule is CCNc1ncnc(N2CCCC(O)C2)c1OC. The van der Waals surface area contributed by atoms with Crippen LogP contribution >= 0.6 is 0 Å². The van der Waals surface area contributed by atoms with Gasteiger partial charge in [0.1, 0.15) is 6.33 Å². The fourth-order valence-corrected chi connectivity index (χ4v) is 2.22. The van der Waals surface area contributed by atoms with Gasteiger partial charge in [-0.3, -0.25) is 0 Å². The van der Waals surface area contributed by atoms with E-state index in [1.165, 1.54) is 6.33 Å². The Labute approximate surface area is 107 Å². The molecule has 1 atom stereocenters. The van der Waals surface area contributed by atoms with Gasteiger partial charge in [0.2, 0.25) is 5.75 Å². The van der Waals surface area contributed by atoms with E-state index in [9.17, 15) is 5.11 Å². The van der Waals surface area contributed by atoms with Gasteiger partial charge in [-0.25, -0.2) is 9.97 Å². The van der Waals surface area contributed by atoms with Gasteiger partial charge in [0.15, 0.2) is 11.6 Å². The lowest BCUT2D eigenvalue weighted by Crippen LogP contribution is -2.39. The highest BCUT2D eigenvalue weighted by atomic mass is 16.5. The molecule has 1 aliphatic rings. The number of methoxy groups -OCH3 is 1. The lowest BCUT2D eigenvalue weighted by molar-refractivity contribution is 0.153. The standard InChI is InChI=1S/C12H20N4O2/c1-3-13-11-10(18-2)12(15-8-14-11)16-6-4-5-9(17)7-16/h8-9,17H,3-7H2,1-2H3,(H,13,14,15). The van der Waals surface area contributed by atoms with Crippen molar-refractivity contribution in [1.29, 1.82) is 0 Å². The number of aliphatic hydroxyl groups excluding tert-OH is 1. The van der Waals surface area contributed by atoms with Crippen molar-refractivity contribution in [3.05, 3.63) is 6.33 Å². The molecule has 6 nitrogen and oxygen atoms in total. The highest BCUT2D eigenvalue weighted by molar-refractivity contribution is 5.64. The summed E-state index contributed by atoms with van der Waals surface area (Å²) in [7, 11) is 1.61. The molecule has 2 rings (SSSR count). The number of piperidine rings is 1. The smallest absolute Gasteiger partial charge is 0.204 e.